The summed E-state index contributed by atoms with van der Waals surface area (Å²) in [5, 5.41) is 2.60. The molecule has 9 nitrogen and oxygen atoms in total. The van der Waals surface area contributed by atoms with Gasteiger partial charge in [-0.2, -0.15) is 4.31 Å². The number of benzene rings is 1. The SMILES string of the molecule is COc1cc(S(=O)(=O)N2CCOCC2)cc(C(=O)NCCN)c1OC.Cl. The van der Waals surface area contributed by atoms with Crippen LogP contribution in [0.5, 0.6) is 11.5 Å². The summed E-state index contributed by atoms with van der Waals surface area (Å²) < 4.78 is 42.7. The van der Waals surface area contributed by atoms with Crippen molar-refractivity contribution in [3.63, 3.8) is 0 Å². The third-order valence-corrected chi connectivity index (χ3v) is 5.61. The van der Waals surface area contributed by atoms with Gasteiger partial charge in [0.25, 0.3) is 5.91 Å². The molecule has 0 aromatic heterocycles. The summed E-state index contributed by atoms with van der Waals surface area (Å²) in [6.07, 6.45) is 0. The summed E-state index contributed by atoms with van der Waals surface area (Å²) in [4.78, 5) is 12.3. The average Bonchev–Trinajstić information content (AvgIpc) is 2.65. The Labute approximate surface area is 159 Å². The first-order valence-corrected chi connectivity index (χ1v) is 9.22. The van der Waals surface area contributed by atoms with Crippen molar-refractivity contribution in [2.24, 2.45) is 5.73 Å². The van der Waals surface area contributed by atoms with Crippen molar-refractivity contribution >= 4 is 28.3 Å². The normalized spacial score (nSPS) is 15.0. The maximum atomic E-state index is 12.9. The lowest BCUT2D eigenvalue weighted by Gasteiger charge is -2.26. The fourth-order valence-electron chi connectivity index (χ4n) is 2.47. The number of halogens is 1. The summed E-state index contributed by atoms with van der Waals surface area (Å²) in [6.45, 7) is 1.69. The molecule has 1 amide bonds. The van der Waals surface area contributed by atoms with Gasteiger partial charge in [0.1, 0.15) is 0 Å². The number of nitrogens with two attached hydrogens (primary N) is 1. The van der Waals surface area contributed by atoms with Crippen LogP contribution in [0.25, 0.3) is 0 Å². The van der Waals surface area contributed by atoms with E-state index >= 15 is 0 Å². The van der Waals surface area contributed by atoms with Crippen LogP contribution in [0.4, 0.5) is 0 Å². The zero-order chi connectivity index (χ0) is 18.4. The predicted molar refractivity (Wildman–Crippen MR) is 97.8 cm³/mol. The molecule has 148 valence electrons. The van der Waals surface area contributed by atoms with Crippen LogP contribution in [0.2, 0.25) is 0 Å². The van der Waals surface area contributed by atoms with E-state index in [2.05, 4.69) is 5.32 Å². The van der Waals surface area contributed by atoms with Crippen molar-refractivity contribution in [3.05, 3.63) is 17.7 Å². The minimum Gasteiger partial charge on any atom is -0.493 e. The smallest absolute Gasteiger partial charge is 0.255 e. The third kappa shape index (κ3) is 4.77. The molecule has 1 aromatic carbocycles. The van der Waals surface area contributed by atoms with Gasteiger partial charge >= 0.3 is 0 Å². The van der Waals surface area contributed by atoms with E-state index in [9.17, 15) is 13.2 Å². The number of carbonyl (C=O) groups excluding carboxylic acids is 1. The van der Waals surface area contributed by atoms with E-state index < -0.39 is 15.9 Å². The van der Waals surface area contributed by atoms with E-state index in [1.54, 1.807) is 0 Å². The van der Waals surface area contributed by atoms with Gasteiger partial charge in [0, 0.05) is 32.2 Å². The van der Waals surface area contributed by atoms with Gasteiger partial charge in [-0.05, 0) is 6.07 Å². The number of nitrogens with zero attached hydrogens (tertiary/aromatic N) is 1. The van der Waals surface area contributed by atoms with E-state index in [0.29, 0.717) is 13.2 Å². The highest BCUT2D eigenvalue weighted by atomic mass is 35.5. The fraction of sp³-hybridized carbons (Fsp3) is 0.533. The zero-order valence-electron chi connectivity index (χ0n) is 14.7. The van der Waals surface area contributed by atoms with Crippen LogP contribution >= 0.6 is 12.4 Å². The van der Waals surface area contributed by atoms with Gasteiger partial charge in [-0.25, -0.2) is 8.42 Å². The van der Waals surface area contributed by atoms with Crippen LogP contribution in [0, 0.1) is 0 Å². The highest BCUT2D eigenvalue weighted by Gasteiger charge is 2.29. The molecule has 1 aromatic rings. The lowest BCUT2D eigenvalue weighted by molar-refractivity contribution is 0.0730. The summed E-state index contributed by atoms with van der Waals surface area (Å²) >= 11 is 0. The van der Waals surface area contributed by atoms with Gasteiger partial charge in [0.05, 0.1) is 37.9 Å². The van der Waals surface area contributed by atoms with E-state index in [1.165, 1.54) is 30.7 Å². The Bertz CT molecular complexity index is 722. The van der Waals surface area contributed by atoms with Crippen LogP contribution in [-0.4, -0.2) is 72.2 Å². The lowest BCUT2D eigenvalue weighted by Crippen LogP contribution is -2.40. The molecular formula is C15H24ClN3O6S. The number of carbonyl (C=O) groups is 1. The van der Waals surface area contributed by atoms with E-state index in [-0.39, 0.29) is 60.5 Å². The Morgan fingerprint density at radius 3 is 2.46 bits per heavy atom. The fourth-order valence-corrected chi connectivity index (χ4v) is 3.92. The molecule has 0 atom stereocenters. The molecule has 0 aliphatic carbocycles. The topological polar surface area (TPSA) is 120 Å². The molecule has 1 fully saturated rings. The maximum Gasteiger partial charge on any atom is 0.255 e. The van der Waals surface area contributed by atoms with Crippen molar-refractivity contribution in [2.45, 2.75) is 4.90 Å². The van der Waals surface area contributed by atoms with E-state index in [4.69, 9.17) is 19.9 Å². The largest absolute Gasteiger partial charge is 0.493 e. The lowest BCUT2D eigenvalue weighted by atomic mass is 10.1. The van der Waals surface area contributed by atoms with Gasteiger partial charge in [-0.15, -0.1) is 12.4 Å². The maximum absolute atomic E-state index is 12.9. The second-order valence-corrected chi connectivity index (χ2v) is 7.21. The molecule has 0 saturated carbocycles. The molecule has 0 spiro atoms. The number of hydrogen-bond acceptors (Lipinski definition) is 7. The van der Waals surface area contributed by atoms with Crippen LogP contribution in [0.1, 0.15) is 10.4 Å². The molecule has 2 rings (SSSR count). The van der Waals surface area contributed by atoms with Crippen LogP contribution in [-0.2, 0) is 14.8 Å². The Hall–Kier alpha value is -1.59. The first-order chi connectivity index (χ1) is 12.0. The molecule has 3 N–H and O–H groups in total. The average molecular weight is 410 g/mol. The number of hydrogen-bond donors (Lipinski definition) is 2. The molecule has 1 saturated heterocycles. The van der Waals surface area contributed by atoms with Crippen molar-refractivity contribution in [1.29, 1.82) is 0 Å². The second-order valence-electron chi connectivity index (χ2n) is 5.27. The van der Waals surface area contributed by atoms with Crippen molar-refractivity contribution in [1.82, 2.24) is 9.62 Å². The van der Waals surface area contributed by atoms with Crippen LogP contribution in [0.15, 0.2) is 17.0 Å². The summed E-state index contributed by atoms with van der Waals surface area (Å²) in [5.74, 6) is -0.160. The Morgan fingerprint density at radius 1 is 1.27 bits per heavy atom. The number of rotatable bonds is 7. The predicted octanol–water partition coefficient (Wildman–Crippen LogP) is -0.165. The van der Waals surface area contributed by atoms with Crippen molar-refractivity contribution in [3.8, 4) is 11.5 Å². The van der Waals surface area contributed by atoms with Crippen molar-refractivity contribution < 1.29 is 27.4 Å². The van der Waals surface area contributed by atoms with Crippen LogP contribution < -0.4 is 20.5 Å². The van der Waals surface area contributed by atoms with Gasteiger partial charge in [0.2, 0.25) is 10.0 Å². The summed E-state index contributed by atoms with van der Waals surface area (Å²) in [7, 11) is -1.02. The number of amides is 1. The number of nitrogens with one attached hydrogen (secondary N) is 1. The summed E-state index contributed by atoms with van der Waals surface area (Å²) in [5.41, 5.74) is 5.46. The van der Waals surface area contributed by atoms with Crippen molar-refractivity contribution in [2.75, 3.05) is 53.6 Å². The quantitative estimate of drug-likeness (QED) is 0.641. The molecule has 0 bridgehead atoms. The van der Waals surface area contributed by atoms with Gasteiger partial charge in [0.15, 0.2) is 11.5 Å². The Morgan fingerprint density at radius 2 is 1.92 bits per heavy atom. The number of methoxy groups -OCH3 is 2. The van der Waals surface area contributed by atoms with Gasteiger partial charge in [-0.3, -0.25) is 4.79 Å². The minimum absolute atomic E-state index is 0. The molecule has 11 heteroatoms. The van der Waals surface area contributed by atoms with Crippen LogP contribution in [0.3, 0.4) is 0 Å². The number of ether oxygens (including phenoxy) is 3. The zero-order valence-corrected chi connectivity index (χ0v) is 16.3. The number of sulfonamides is 1. The minimum atomic E-state index is -3.78. The Kier molecular flexibility index (Phi) is 8.57. The van der Waals surface area contributed by atoms with Gasteiger partial charge < -0.3 is 25.3 Å². The molecule has 1 heterocycles. The third-order valence-electron chi connectivity index (χ3n) is 3.73. The summed E-state index contributed by atoms with van der Waals surface area (Å²) in [6, 6.07) is 2.64. The number of morpholine rings is 1. The molecule has 1 aliphatic rings. The van der Waals surface area contributed by atoms with E-state index in [1.807, 2.05) is 0 Å². The first-order valence-electron chi connectivity index (χ1n) is 7.78. The van der Waals surface area contributed by atoms with E-state index in [0.717, 1.165) is 0 Å². The second kappa shape index (κ2) is 9.93. The molecule has 0 unspecified atom stereocenters. The standard InChI is InChI=1S/C15H23N3O6S.ClH/c1-22-13-10-11(25(20,21)18-5-7-24-8-6-18)9-12(14(13)23-2)15(19)17-4-3-16;/h9-10H,3-8,16H2,1-2H3,(H,17,19);1H. The highest BCUT2D eigenvalue weighted by molar-refractivity contribution is 7.89. The Balaban J connectivity index is 0.00000338. The molecule has 0 radical (unpaired) electrons. The molecule has 1 aliphatic heterocycles. The van der Waals surface area contributed by atoms with Gasteiger partial charge in [-0.1, -0.05) is 0 Å². The molecular weight excluding hydrogens is 386 g/mol. The monoisotopic (exact) mass is 409 g/mol. The molecule has 26 heavy (non-hydrogen) atoms. The first kappa shape index (κ1) is 22.5. The highest BCUT2D eigenvalue weighted by Crippen LogP contribution is 2.35.